The van der Waals surface area contributed by atoms with E-state index in [0.29, 0.717) is 0 Å². The molecule has 1 aliphatic heterocycles. The molecule has 1 aromatic carbocycles. The highest BCUT2D eigenvalue weighted by molar-refractivity contribution is 9.10. The lowest BCUT2D eigenvalue weighted by atomic mass is 10.1. The van der Waals surface area contributed by atoms with Crippen molar-refractivity contribution < 1.29 is 4.79 Å². The van der Waals surface area contributed by atoms with Crippen molar-refractivity contribution in [3.05, 3.63) is 51.3 Å². The SMILES string of the molecule is Cc1ccccc1CN1CCN(C(=O)C(C)n2nc(C)c(Br)c2C)CC1. The van der Waals surface area contributed by atoms with Crippen molar-refractivity contribution in [2.45, 2.75) is 40.3 Å². The Labute approximate surface area is 164 Å². The zero-order valence-corrected chi connectivity index (χ0v) is 17.6. The van der Waals surface area contributed by atoms with Gasteiger partial charge in [0.25, 0.3) is 0 Å². The molecule has 0 bridgehead atoms. The summed E-state index contributed by atoms with van der Waals surface area (Å²) < 4.78 is 2.82. The van der Waals surface area contributed by atoms with Crippen LogP contribution in [0.4, 0.5) is 0 Å². The normalized spacial score (nSPS) is 16.7. The van der Waals surface area contributed by atoms with Gasteiger partial charge in [-0.25, -0.2) is 0 Å². The van der Waals surface area contributed by atoms with E-state index in [9.17, 15) is 4.79 Å². The van der Waals surface area contributed by atoms with Crippen LogP contribution < -0.4 is 0 Å². The van der Waals surface area contributed by atoms with Gasteiger partial charge in [-0.2, -0.15) is 5.10 Å². The molecule has 2 aromatic rings. The molecule has 0 spiro atoms. The van der Waals surface area contributed by atoms with E-state index < -0.39 is 0 Å². The largest absolute Gasteiger partial charge is 0.338 e. The van der Waals surface area contributed by atoms with E-state index >= 15 is 0 Å². The maximum absolute atomic E-state index is 12.9. The van der Waals surface area contributed by atoms with Gasteiger partial charge in [-0.3, -0.25) is 14.4 Å². The average molecular weight is 419 g/mol. The number of carbonyl (C=O) groups is 1. The van der Waals surface area contributed by atoms with Gasteiger partial charge >= 0.3 is 0 Å². The summed E-state index contributed by atoms with van der Waals surface area (Å²) in [5.74, 6) is 0.152. The summed E-state index contributed by atoms with van der Waals surface area (Å²) >= 11 is 3.54. The first kappa shape index (κ1) is 19.1. The molecule has 5 nitrogen and oxygen atoms in total. The third-order valence-corrected chi connectivity index (χ3v) is 6.45. The van der Waals surface area contributed by atoms with Crippen molar-refractivity contribution in [2.75, 3.05) is 26.2 Å². The Hall–Kier alpha value is -1.66. The maximum Gasteiger partial charge on any atom is 0.247 e. The number of halogens is 1. The molecule has 140 valence electrons. The standard InChI is InChI=1S/C20H27BrN4O/c1-14-7-5-6-8-18(14)13-23-9-11-24(12-10-23)20(26)17(4)25-16(3)19(21)15(2)22-25/h5-8,17H,9-13H2,1-4H3. The van der Waals surface area contributed by atoms with E-state index in [1.54, 1.807) is 0 Å². The van der Waals surface area contributed by atoms with Gasteiger partial charge < -0.3 is 4.90 Å². The van der Waals surface area contributed by atoms with Crippen molar-refractivity contribution in [3.63, 3.8) is 0 Å². The Morgan fingerprint density at radius 2 is 1.81 bits per heavy atom. The maximum atomic E-state index is 12.9. The van der Waals surface area contributed by atoms with Crippen molar-refractivity contribution in [1.82, 2.24) is 19.6 Å². The van der Waals surface area contributed by atoms with Gasteiger partial charge in [0.2, 0.25) is 5.91 Å². The second-order valence-electron chi connectivity index (χ2n) is 7.13. The van der Waals surface area contributed by atoms with Crippen LogP contribution in [0.1, 0.15) is 35.5 Å². The van der Waals surface area contributed by atoms with Crippen LogP contribution in [0.5, 0.6) is 0 Å². The molecule has 0 radical (unpaired) electrons. The number of nitrogens with zero attached hydrogens (tertiary/aromatic N) is 4. The second kappa shape index (κ2) is 7.92. The average Bonchev–Trinajstić information content (AvgIpc) is 2.90. The molecule has 1 aromatic heterocycles. The van der Waals surface area contributed by atoms with Crippen LogP contribution in [0.3, 0.4) is 0 Å². The van der Waals surface area contributed by atoms with Gasteiger partial charge in [0, 0.05) is 32.7 Å². The molecule has 0 saturated carbocycles. The lowest BCUT2D eigenvalue weighted by Crippen LogP contribution is -2.50. The van der Waals surface area contributed by atoms with E-state index in [-0.39, 0.29) is 11.9 Å². The van der Waals surface area contributed by atoms with Gasteiger partial charge in [-0.05, 0) is 54.8 Å². The summed E-state index contributed by atoms with van der Waals surface area (Å²) in [5, 5.41) is 4.52. The second-order valence-corrected chi connectivity index (χ2v) is 7.93. The van der Waals surface area contributed by atoms with Crippen LogP contribution >= 0.6 is 15.9 Å². The van der Waals surface area contributed by atoms with E-state index in [1.165, 1.54) is 11.1 Å². The summed E-state index contributed by atoms with van der Waals surface area (Å²) in [7, 11) is 0. The van der Waals surface area contributed by atoms with Gasteiger partial charge in [0.15, 0.2) is 0 Å². The van der Waals surface area contributed by atoms with E-state index in [1.807, 2.05) is 30.4 Å². The predicted molar refractivity (Wildman–Crippen MR) is 107 cm³/mol. The summed E-state index contributed by atoms with van der Waals surface area (Å²) in [5.41, 5.74) is 4.62. The first-order chi connectivity index (χ1) is 12.4. The van der Waals surface area contributed by atoms with Gasteiger partial charge in [0.1, 0.15) is 6.04 Å². The van der Waals surface area contributed by atoms with E-state index in [4.69, 9.17) is 0 Å². The molecule has 1 amide bonds. The van der Waals surface area contributed by atoms with Crippen molar-refractivity contribution in [2.24, 2.45) is 0 Å². The summed E-state index contributed by atoms with van der Waals surface area (Å²) in [6.45, 7) is 12.4. The fourth-order valence-corrected chi connectivity index (χ4v) is 3.80. The van der Waals surface area contributed by atoms with Crippen LogP contribution in [0.25, 0.3) is 0 Å². The van der Waals surface area contributed by atoms with E-state index in [0.717, 1.165) is 48.6 Å². The number of carbonyl (C=O) groups excluding carboxylic acids is 1. The van der Waals surface area contributed by atoms with Crippen LogP contribution in [-0.2, 0) is 11.3 Å². The molecule has 0 N–H and O–H groups in total. The first-order valence-corrected chi connectivity index (χ1v) is 9.94. The van der Waals surface area contributed by atoms with Gasteiger partial charge in [-0.15, -0.1) is 0 Å². The van der Waals surface area contributed by atoms with Crippen LogP contribution in [0, 0.1) is 20.8 Å². The molecule has 1 atom stereocenters. The quantitative estimate of drug-likeness (QED) is 0.762. The molecule has 3 rings (SSSR count). The Morgan fingerprint density at radius 3 is 2.38 bits per heavy atom. The fourth-order valence-electron chi connectivity index (χ4n) is 3.54. The fraction of sp³-hybridized carbons (Fsp3) is 0.500. The number of piperazine rings is 1. The van der Waals surface area contributed by atoms with Gasteiger partial charge in [-0.1, -0.05) is 24.3 Å². The molecule has 6 heteroatoms. The van der Waals surface area contributed by atoms with E-state index in [2.05, 4.69) is 57.1 Å². The summed E-state index contributed by atoms with van der Waals surface area (Å²) in [6, 6.07) is 8.24. The zero-order valence-electron chi connectivity index (χ0n) is 16.0. The Balaban J connectivity index is 1.59. The Morgan fingerprint density at radius 1 is 1.15 bits per heavy atom. The third-order valence-electron chi connectivity index (χ3n) is 5.30. The Kier molecular flexibility index (Phi) is 5.82. The number of hydrogen-bond donors (Lipinski definition) is 0. The lowest BCUT2D eigenvalue weighted by molar-refractivity contribution is -0.136. The molecule has 26 heavy (non-hydrogen) atoms. The van der Waals surface area contributed by atoms with Crippen LogP contribution in [0.15, 0.2) is 28.7 Å². The highest BCUT2D eigenvalue weighted by Gasteiger charge is 2.28. The molecule has 1 fully saturated rings. The minimum atomic E-state index is -0.275. The Bertz CT molecular complexity index is 793. The van der Waals surface area contributed by atoms with Crippen LogP contribution in [-0.4, -0.2) is 51.7 Å². The smallest absolute Gasteiger partial charge is 0.247 e. The topological polar surface area (TPSA) is 41.4 Å². The first-order valence-electron chi connectivity index (χ1n) is 9.15. The third kappa shape index (κ3) is 3.86. The highest BCUT2D eigenvalue weighted by atomic mass is 79.9. The van der Waals surface area contributed by atoms with Crippen molar-refractivity contribution >= 4 is 21.8 Å². The highest BCUT2D eigenvalue weighted by Crippen LogP contribution is 2.24. The number of hydrogen-bond acceptors (Lipinski definition) is 3. The molecule has 1 aliphatic rings. The van der Waals surface area contributed by atoms with Gasteiger partial charge in [0.05, 0.1) is 15.9 Å². The number of rotatable bonds is 4. The number of amides is 1. The molecule has 1 saturated heterocycles. The molecule has 0 aliphatic carbocycles. The zero-order chi connectivity index (χ0) is 18.8. The number of benzene rings is 1. The van der Waals surface area contributed by atoms with Crippen molar-refractivity contribution in [3.8, 4) is 0 Å². The lowest BCUT2D eigenvalue weighted by Gasteiger charge is -2.36. The number of aromatic nitrogens is 2. The minimum Gasteiger partial charge on any atom is -0.338 e. The molecule has 2 heterocycles. The van der Waals surface area contributed by atoms with Crippen molar-refractivity contribution in [1.29, 1.82) is 0 Å². The summed E-state index contributed by atoms with van der Waals surface area (Å²) in [6.07, 6.45) is 0. The predicted octanol–water partition coefficient (Wildman–Crippen LogP) is 3.48. The molecular weight excluding hydrogens is 392 g/mol. The minimum absolute atomic E-state index is 0.152. The number of aryl methyl sites for hydroxylation is 2. The summed E-state index contributed by atoms with van der Waals surface area (Å²) in [4.78, 5) is 17.3. The molecular formula is C20H27BrN4O. The monoisotopic (exact) mass is 418 g/mol. The molecule has 1 unspecified atom stereocenters. The van der Waals surface area contributed by atoms with Crippen LogP contribution in [0.2, 0.25) is 0 Å².